The zero-order valence-electron chi connectivity index (χ0n) is 7.23. The van der Waals surface area contributed by atoms with Crippen molar-refractivity contribution >= 4 is 39.1 Å². The van der Waals surface area contributed by atoms with Gasteiger partial charge in [-0.25, -0.2) is 0 Å². The lowest BCUT2D eigenvalue weighted by atomic mass is 10.2. The van der Waals surface area contributed by atoms with Crippen LogP contribution in [-0.4, -0.2) is 9.81 Å². The van der Waals surface area contributed by atoms with Gasteiger partial charge < -0.3 is 0 Å². The first-order valence-electron chi connectivity index (χ1n) is 4.07. The van der Waals surface area contributed by atoms with Crippen molar-refractivity contribution in [2.75, 3.05) is 0 Å². The van der Waals surface area contributed by atoms with Crippen molar-refractivity contribution in [3.8, 4) is 0 Å². The molecule has 0 amide bonds. The molecule has 13 heavy (non-hydrogen) atoms. The fourth-order valence-corrected chi connectivity index (χ4v) is 1.71. The average molecular weight is 283 g/mol. The van der Waals surface area contributed by atoms with Crippen molar-refractivity contribution < 1.29 is 0 Å². The highest BCUT2D eigenvalue weighted by Crippen LogP contribution is 2.21. The molecule has 1 rings (SSSR count). The molecule has 0 fully saturated rings. The summed E-state index contributed by atoms with van der Waals surface area (Å²) in [6.07, 6.45) is 3.52. The van der Waals surface area contributed by atoms with E-state index in [9.17, 15) is 0 Å². The first-order valence-corrected chi connectivity index (χ1v) is 5.74. The SMILES string of the molecule is CCC(Br)Cc1ncc(Cl)cc1Cl. The van der Waals surface area contributed by atoms with Gasteiger partial charge in [0.25, 0.3) is 0 Å². The quantitative estimate of drug-likeness (QED) is 0.761. The summed E-state index contributed by atoms with van der Waals surface area (Å²) in [6.45, 7) is 2.11. The van der Waals surface area contributed by atoms with Crippen LogP contribution in [0, 0.1) is 0 Å². The highest BCUT2D eigenvalue weighted by molar-refractivity contribution is 9.09. The number of halogens is 3. The molecule has 0 aliphatic heterocycles. The van der Waals surface area contributed by atoms with E-state index < -0.39 is 0 Å². The van der Waals surface area contributed by atoms with Crippen LogP contribution in [0.1, 0.15) is 19.0 Å². The molecule has 0 aliphatic carbocycles. The van der Waals surface area contributed by atoms with Crippen LogP contribution in [0.25, 0.3) is 0 Å². The van der Waals surface area contributed by atoms with E-state index >= 15 is 0 Å². The summed E-state index contributed by atoms with van der Waals surface area (Å²) in [7, 11) is 0. The molecule has 1 heterocycles. The monoisotopic (exact) mass is 281 g/mol. The Hall–Kier alpha value is 0.210. The molecule has 0 N–H and O–H groups in total. The van der Waals surface area contributed by atoms with Gasteiger partial charge in [-0.05, 0) is 12.5 Å². The Kier molecular flexibility index (Phi) is 4.50. The van der Waals surface area contributed by atoms with Crippen LogP contribution < -0.4 is 0 Å². The Morgan fingerprint density at radius 2 is 2.23 bits per heavy atom. The highest BCUT2D eigenvalue weighted by Gasteiger charge is 2.07. The van der Waals surface area contributed by atoms with Crippen molar-refractivity contribution in [1.29, 1.82) is 0 Å². The fourth-order valence-electron chi connectivity index (χ4n) is 0.947. The van der Waals surface area contributed by atoms with Gasteiger partial charge in [0.1, 0.15) is 0 Å². The van der Waals surface area contributed by atoms with Gasteiger partial charge in [0.2, 0.25) is 0 Å². The first kappa shape index (κ1) is 11.3. The van der Waals surface area contributed by atoms with E-state index in [0.29, 0.717) is 14.9 Å². The Labute approximate surface area is 96.6 Å². The zero-order chi connectivity index (χ0) is 9.84. The van der Waals surface area contributed by atoms with Crippen LogP contribution in [0.4, 0.5) is 0 Å². The maximum atomic E-state index is 5.96. The number of pyridine rings is 1. The second-order valence-corrected chi connectivity index (χ2v) is 4.93. The summed E-state index contributed by atoms with van der Waals surface area (Å²) >= 11 is 15.2. The molecule has 0 spiro atoms. The fraction of sp³-hybridized carbons (Fsp3) is 0.444. The molecule has 0 aromatic carbocycles. The van der Waals surface area contributed by atoms with Crippen LogP contribution in [-0.2, 0) is 6.42 Å². The van der Waals surface area contributed by atoms with Crippen molar-refractivity contribution in [3.63, 3.8) is 0 Å². The molecule has 0 saturated carbocycles. The van der Waals surface area contributed by atoms with Gasteiger partial charge in [0.15, 0.2) is 0 Å². The van der Waals surface area contributed by atoms with Gasteiger partial charge in [0.05, 0.1) is 15.7 Å². The van der Waals surface area contributed by atoms with Gasteiger partial charge >= 0.3 is 0 Å². The van der Waals surface area contributed by atoms with E-state index in [0.717, 1.165) is 18.5 Å². The minimum Gasteiger partial charge on any atom is -0.258 e. The van der Waals surface area contributed by atoms with Crippen LogP contribution in [0.2, 0.25) is 10.0 Å². The maximum absolute atomic E-state index is 5.96. The minimum atomic E-state index is 0.429. The average Bonchev–Trinajstić information content (AvgIpc) is 2.09. The number of alkyl halides is 1. The summed E-state index contributed by atoms with van der Waals surface area (Å²) < 4.78 is 0. The Morgan fingerprint density at radius 1 is 1.54 bits per heavy atom. The van der Waals surface area contributed by atoms with E-state index in [4.69, 9.17) is 23.2 Å². The Morgan fingerprint density at radius 3 is 2.77 bits per heavy atom. The van der Waals surface area contributed by atoms with Gasteiger partial charge in [-0.2, -0.15) is 0 Å². The largest absolute Gasteiger partial charge is 0.258 e. The maximum Gasteiger partial charge on any atom is 0.0636 e. The molecule has 0 bridgehead atoms. The van der Waals surface area contributed by atoms with E-state index in [1.54, 1.807) is 12.3 Å². The van der Waals surface area contributed by atoms with Crippen LogP contribution >= 0.6 is 39.1 Å². The molecule has 0 radical (unpaired) electrons. The van der Waals surface area contributed by atoms with E-state index in [-0.39, 0.29) is 0 Å². The molecule has 1 unspecified atom stereocenters. The Balaban J connectivity index is 2.77. The summed E-state index contributed by atoms with van der Waals surface area (Å²) in [4.78, 5) is 4.60. The molecule has 1 nitrogen and oxygen atoms in total. The predicted octanol–water partition coefficient (Wildman–Crippen LogP) is 4.10. The first-order chi connectivity index (χ1) is 6.13. The second-order valence-electron chi connectivity index (χ2n) is 2.79. The standard InChI is InChI=1S/C9H10BrCl2N/c1-2-6(10)3-9-8(12)4-7(11)5-13-9/h4-6H,2-3H2,1H3. The molecule has 1 atom stereocenters. The third-order valence-corrected chi connectivity index (χ3v) is 3.25. The second kappa shape index (κ2) is 5.18. The van der Waals surface area contributed by atoms with Crippen molar-refractivity contribution in [2.45, 2.75) is 24.6 Å². The summed E-state index contributed by atoms with van der Waals surface area (Å²) in [5.74, 6) is 0. The molecule has 0 saturated heterocycles. The van der Waals surface area contributed by atoms with Gasteiger partial charge in [0, 0.05) is 17.4 Å². The third-order valence-electron chi connectivity index (χ3n) is 1.74. The number of nitrogens with zero attached hydrogens (tertiary/aromatic N) is 1. The topological polar surface area (TPSA) is 12.9 Å². The summed E-state index contributed by atoms with van der Waals surface area (Å²) in [5, 5.41) is 1.22. The molecule has 0 aliphatic rings. The Bertz CT molecular complexity index is 291. The third kappa shape index (κ3) is 3.45. The molecule has 72 valence electrons. The van der Waals surface area contributed by atoms with Crippen LogP contribution in [0.3, 0.4) is 0 Å². The van der Waals surface area contributed by atoms with E-state index in [2.05, 4.69) is 27.8 Å². The number of aromatic nitrogens is 1. The normalized spacial score (nSPS) is 12.9. The molecular weight excluding hydrogens is 273 g/mol. The molecular formula is C9H10BrCl2N. The van der Waals surface area contributed by atoms with Crippen molar-refractivity contribution in [2.24, 2.45) is 0 Å². The smallest absolute Gasteiger partial charge is 0.0636 e. The number of rotatable bonds is 3. The van der Waals surface area contributed by atoms with E-state index in [1.807, 2.05) is 0 Å². The summed E-state index contributed by atoms with van der Waals surface area (Å²) in [6, 6.07) is 1.72. The highest BCUT2D eigenvalue weighted by atomic mass is 79.9. The van der Waals surface area contributed by atoms with Crippen molar-refractivity contribution in [3.05, 3.63) is 28.0 Å². The van der Waals surface area contributed by atoms with Gasteiger partial charge in [-0.3, -0.25) is 4.98 Å². The number of hydrogen-bond donors (Lipinski definition) is 0. The summed E-state index contributed by atoms with van der Waals surface area (Å²) in [5.41, 5.74) is 0.898. The molecule has 1 aromatic heterocycles. The van der Waals surface area contributed by atoms with Crippen LogP contribution in [0.15, 0.2) is 12.3 Å². The van der Waals surface area contributed by atoms with Gasteiger partial charge in [-0.15, -0.1) is 0 Å². The molecule has 4 heteroatoms. The molecule has 1 aromatic rings. The lowest BCUT2D eigenvalue weighted by Gasteiger charge is -2.07. The lowest BCUT2D eigenvalue weighted by Crippen LogP contribution is -2.03. The van der Waals surface area contributed by atoms with Crippen molar-refractivity contribution in [1.82, 2.24) is 4.98 Å². The lowest BCUT2D eigenvalue weighted by molar-refractivity contribution is 0.809. The van der Waals surface area contributed by atoms with Gasteiger partial charge in [-0.1, -0.05) is 46.1 Å². The zero-order valence-corrected chi connectivity index (χ0v) is 10.3. The minimum absolute atomic E-state index is 0.429. The predicted molar refractivity (Wildman–Crippen MR) is 61.0 cm³/mol. The van der Waals surface area contributed by atoms with E-state index in [1.165, 1.54) is 0 Å². The number of hydrogen-bond acceptors (Lipinski definition) is 1. The van der Waals surface area contributed by atoms with Crippen LogP contribution in [0.5, 0.6) is 0 Å².